The third-order valence-corrected chi connectivity index (χ3v) is 6.81. The van der Waals surface area contributed by atoms with Gasteiger partial charge in [-0.2, -0.15) is 0 Å². The molecular weight excluding hydrogens is 340 g/mol. The number of carbonyl (C=O) groups excluding carboxylic acids is 2. The smallest absolute Gasteiger partial charge is 0.409 e. The van der Waals surface area contributed by atoms with Crippen LogP contribution < -0.4 is 5.32 Å². The molecule has 0 aromatic heterocycles. The van der Waals surface area contributed by atoms with E-state index in [0.717, 1.165) is 24.3 Å². The van der Waals surface area contributed by atoms with Gasteiger partial charge in [0.25, 0.3) is 0 Å². The van der Waals surface area contributed by atoms with Crippen LogP contribution in [0.3, 0.4) is 0 Å². The van der Waals surface area contributed by atoms with Gasteiger partial charge in [-0.05, 0) is 63.2 Å². The molecule has 1 heterocycles. The fourth-order valence-electron chi connectivity index (χ4n) is 6.13. The minimum atomic E-state index is -0.273. The highest BCUT2D eigenvalue weighted by molar-refractivity contribution is 5.85. The first-order chi connectivity index (χ1) is 11.6. The van der Waals surface area contributed by atoms with E-state index in [2.05, 4.69) is 5.32 Å². The number of nitrogens with one attached hydrogen (secondary N) is 1. The van der Waals surface area contributed by atoms with E-state index >= 15 is 0 Å². The molecule has 1 saturated heterocycles. The lowest BCUT2D eigenvalue weighted by atomic mass is 9.53. The van der Waals surface area contributed by atoms with Gasteiger partial charge < -0.3 is 15.0 Å². The Hall–Kier alpha value is -0.810. The molecular formula is C19H31ClN2O3. The first-order valence-electron chi connectivity index (χ1n) is 9.76. The summed E-state index contributed by atoms with van der Waals surface area (Å²) in [5.41, 5.74) is 0.279. The van der Waals surface area contributed by atoms with Crippen LogP contribution in [0, 0.1) is 23.7 Å². The van der Waals surface area contributed by atoms with Crippen molar-refractivity contribution in [2.24, 2.45) is 23.7 Å². The van der Waals surface area contributed by atoms with Gasteiger partial charge in [-0.25, -0.2) is 4.79 Å². The highest BCUT2D eigenvalue weighted by Gasteiger charge is 2.50. The Morgan fingerprint density at radius 1 is 1.20 bits per heavy atom. The highest BCUT2D eigenvalue weighted by Crippen LogP contribution is 2.55. The maximum Gasteiger partial charge on any atom is 0.409 e. The average molecular weight is 371 g/mol. The number of carbonyl (C=O) groups is 2. The van der Waals surface area contributed by atoms with E-state index in [1.807, 2.05) is 6.92 Å². The summed E-state index contributed by atoms with van der Waals surface area (Å²) in [7, 11) is 0. The van der Waals surface area contributed by atoms with Crippen LogP contribution in [0.2, 0.25) is 0 Å². The van der Waals surface area contributed by atoms with Crippen LogP contribution in [0.15, 0.2) is 0 Å². The van der Waals surface area contributed by atoms with Crippen LogP contribution in [0.25, 0.3) is 0 Å². The number of amides is 1. The minimum Gasteiger partial charge on any atom is -0.450 e. The van der Waals surface area contributed by atoms with Crippen molar-refractivity contribution in [1.29, 1.82) is 0 Å². The minimum absolute atomic E-state index is 0. The molecule has 0 radical (unpaired) electrons. The third-order valence-electron chi connectivity index (χ3n) is 6.81. The predicted molar refractivity (Wildman–Crippen MR) is 97.9 cm³/mol. The largest absolute Gasteiger partial charge is 0.450 e. The molecule has 0 spiro atoms. The number of hydrogen-bond donors (Lipinski definition) is 1. The molecule has 5 aliphatic rings. The lowest BCUT2D eigenvalue weighted by Gasteiger charge is -2.57. The lowest BCUT2D eigenvalue weighted by Crippen LogP contribution is -2.60. The quantitative estimate of drug-likeness (QED) is 0.826. The van der Waals surface area contributed by atoms with Gasteiger partial charge in [0.2, 0.25) is 0 Å². The molecule has 25 heavy (non-hydrogen) atoms. The maximum absolute atomic E-state index is 12.3. The van der Waals surface area contributed by atoms with Gasteiger partial charge >= 0.3 is 6.09 Å². The fraction of sp³-hybridized carbons (Fsp3) is 0.895. The topological polar surface area (TPSA) is 58.6 Å². The second kappa shape index (κ2) is 7.43. The number of Topliss-reactive ketones (excluding diaryl/α,β-unsaturated/α-hetero) is 1. The summed E-state index contributed by atoms with van der Waals surface area (Å²) in [5, 5.41) is 3.82. The summed E-state index contributed by atoms with van der Waals surface area (Å²) >= 11 is 0. The van der Waals surface area contributed by atoms with Crippen LogP contribution in [0.4, 0.5) is 4.79 Å². The normalized spacial score (nSPS) is 39.2. The van der Waals surface area contributed by atoms with E-state index in [4.69, 9.17) is 4.74 Å². The molecule has 4 saturated carbocycles. The van der Waals surface area contributed by atoms with Crippen LogP contribution in [-0.4, -0.2) is 48.6 Å². The number of likely N-dealkylation sites (tertiary alicyclic amines) is 1. The van der Waals surface area contributed by atoms with Crippen molar-refractivity contribution in [3.63, 3.8) is 0 Å². The first kappa shape index (κ1) is 19.0. The molecule has 4 aliphatic carbocycles. The fourth-order valence-corrected chi connectivity index (χ4v) is 6.13. The second-order valence-corrected chi connectivity index (χ2v) is 8.64. The predicted octanol–water partition coefficient (Wildman–Crippen LogP) is 3.01. The molecule has 1 N–H and O–H groups in total. The molecule has 5 nitrogen and oxygen atoms in total. The molecule has 1 amide bonds. The number of hydrogen-bond acceptors (Lipinski definition) is 4. The van der Waals surface area contributed by atoms with Crippen molar-refractivity contribution >= 4 is 24.3 Å². The molecule has 142 valence electrons. The van der Waals surface area contributed by atoms with Crippen molar-refractivity contribution in [3.05, 3.63) is 0 Å². The van der Waals surface area contributed by atoms with Gasteiger partial charge in [0, 0.05) is 37.5 Å². The van der Waals surface area contributed by atoms with E-state index < -0.39 is 0 Å². The van der Waals surface area contributed by atoms with Crippen LogP contribution in [-0.2, 0) is 9.53 Å². The molecule has 5 rings (SSSR count). The first-order valence-corrected chi connectivity index (χ1v) is 9.76. The van der Waals surface area contributed by atoms with E-state index in [1.165, 1.54) is 38.5 Å². The Labute approximate surface area is 156 Å². The average Bonchev–Trinajstić information content (AvgIpc) is 2.53. The molecule has 1 atom stereocenters. The summed E-state index contributed by atoms with van der Waals surface area (Å²) in [6, 6.07) is 0. The van der Waals surface area contributed by atoms with Gasteiger partial charge in [-0.3, -0.25) is 4.79 Å². The zero-order chi connectivity index (χ0) is 16.7. The SMILES string of the molecule is CCOC(=O)N1CCC(=O)C(CNC23CC4CC(CC(C4)C2)C3)C1.Cl. The lowest BCUT2D eigenvalue weighted by molar-refractivity contribution is -0.126. The van der Waals surface area contributed by atoms with Crippen LogP contribution in [0.1, 0.15) is 51.9 Å². The molecule has 6 heteroatoms. The molecule has 1 aliphatic heterocycles. The van der Waals surface area contributed by atoms with Gasteiger partial charge in [0.1, 0.15) is 5.78 Å². The standard InChI is InChI=1S/C19H30N2O3.ClH/c1-2-24-18(23)21-4-3-17(22)16(12-21)11-20-19-8-13-5-14(9-19)7-15(6-13)10-19;/h13-16,20H,2-12H2,1H3;1H. The summed E-state index contributed by atoms with van der Waals surface area (Å²) in [6.07, 6.45) is 8.36. The van der Waals surface area contributed by atoms with Gasteiger partial charge in [-0.15, -0.1) is 12.4 Å². The summed E-state index contributed by atoms with van der Waals surface area (Å²) in [4.78, 5) is 26.0. The van der Waals surface area contributed by atoms with E-state index in [-0.39, 0.29) is 30.0 Å². The zero-order valence-corrected chi connectivity index (χ0v) is 16.0. The van der Waals surface area contributed by atoms with Gasteiger partial charge in [-0.1, -0.05) is 0 Å². The van der Waals surface area contributed by atoms with Crippen LogP contribution >= 0.6 is 12.4 Å². The summed E-state index contributed by atoms with van der Waals surface area (Å²) in [5.74, 6) is 2.94. The third kappa shape index (κ3) is 3.82. The molecule has 4 bridgehead atoms. The monoisotopic (exact) mass is 370 g/mol. The molecule has 0 aromatic carbocycles. The number of halogens is 1. The van der Waals surface area contributed by atoms with Crippen molar-refractivity contribution < 1.29 is 14.3 Å². The van der Waals surface area contributed by atoms with Gasteiger partial charge in [0.15, 0.2) is 0 Å². The number of rotatable bonds is 4. The number of piperidine rings is 1. The Morgan fingerprint density at radius 3 is 2.36 bits per heavy atom. The molecule has 0 aromatic rings. The van der Waals surface area contributed by atoms with E-state index in [0.29, 0.717) is 31.9 Å². The number of ketones is 1. The maximum atomic E-state index is 12.3. The van der Waals surface area contributed by atoms with Crippen molar-refractivity contribution in [1.82, 2.24) is 10.2 Å². The van der Waals surface area contributed by atoms with E-state index in [9.17, 15) is 9.59 Å². The van der Waals surface area contributed by atoms with Gasteiger partial charge in [0.05, 0.1) is 6.61 Å². The van der Waals surface area contributed by atoms with Crippen molar-refractivity contribution in [3.8, 4) is 0 Å². The van der Waals surface area contributed by atoms with Crippen molar-refractivity contribution in [2.45, 2.75) is 57.4 Å². The molecule has 1 unspecified atom stereocenters. The Kier molecular flexibility index (Phi) is 5.64. The highest BCUT2D eigenvalue weighted by atomic mass is 35.5. The second-order valence-electron chi connectivity index (χ2n) is 8.64. The summed E-state index contributed by atoms with van der Waals surface area (Å²) < 4.78 is 5.10. The van der Waals surface area contributed by atoms with Crippen LogP contribution in [0.5, 0.6) is 0 Å². The van der Waals surface area contributed by atoms with Crippen molar-refractivity contribution in [2.75, 3.05) is 26.2 Å². The number of nitrogens with zero attached hydrogens (tertiary/aromatic N) is 1. The zero-order valence-electron chi connectivity index (χ0n) is 15.2. The number of ether oxygens (including phenoxy) is 1. The van der Waals surface area contributed by atoms with E-state index in [1.54, 1.807) is 4.90 Å². The molecule has 5 fully saturated rings. The Bertz CT molecular complexity index is 490. The Morgan fingerprint density at radius 2 is 1.80 bits per heavy atom. The summed E-state index contributed by atoms with van der Waals surface area (Å²) in [6.45, 7) is 3.95. The Balaban J connectivity index is 0.00000182.